The minimum Gasteiger partial charge on any atom is -0.390 e. The first-order chi connectivity index (χ1) is 7.15. The summed E-state index contributed by atoms with van der Waals surface area (Å²) in [6.07, 6.45) is 0.491. The first kappa shape index (κ1) is 12.9. The summed E-state index contributed by atoms with van der Waals surface area (Å²) in [5.74, 6) is 0. The second-order valence-electron chi connectivity index (χ2n) is 4.17. The summed E-state index contributed by atoms with van der Waals surface area (Å²) in [7, 11) is 0. The molecule has 0 aromatic carbocycles. The molecule has 1 saturated heterocycles. The molecule has 1 rings (SSSR count). The molecule has 90 valence electrons. The number of hydrogen-bond donors (Lipinski definition) is 2. The van der Waals surface area contributed by atoms with Gasteiger partial charge in [-0.1, -0.05) is 6.92 Å². The van der Waals surface area contributed by atoms with Crippen LogP contribution in [-0.4, -0.2) is 47.8 Å². The van der Waals surface area contributed by atoms with Crippen LogP contribution in [0.4, 0.5) is 0 Å². The molecule has 4 heteroatoms. The molecule has 4 unspecified atom stereocenters. The Kier molecular flexibility index (Phi) is 5.53. The van der Waals surface area contributed by atoms with Gasteiger partial charge >= 0.3 is 0 Å². The van der Waals surface area contributed by atoms with E-state index in [0.717, 1.165) is 13.0 Å². The lowest BCUT2D eigenvalue weighted by Gasteiger charge is -2.33. The van der Waals surface area contributed by atoms with E-state index in [2.05, 4.69) is 6.92 Å². The van der Waals surface area contributed by atoms with Crippen LogP contribution in [0.3, 0.4) is 0 Å². The van der Waals surface area contributed by atoms with E-state index in [9.17, 15) is 10.2 Å². The van der Waals surface area contributed by atoms with Crippen LogP contribution in [0.15, 0.2) is 0 Å². The summed E-state index contributed by atoms with van der Waals surface area (Å²) in [6.45, 7) is 5.27. The lowest BCUT2D eigenvalue weighted by atomic mass is 9.98. The molecule has 0 aromatic rings. The van der Waals surface area contributed by atoms with Crippen LogP contribution in [0, 0.1) is 0 Å². The molecule has 0 radical (unpaired) electrons. The van der Waals surface area contributed by atoms with Gasteiger partial charge in [0, 0.05) is 19.6 Å². The van der Waals surface area contributed by atoms with Crippen molar-refractivity contribution < 1.29 is 19.7 Å². The molecule has 1 fully saturated rings. The third kappa shape index (κ3) is 4.07. The SMILES string of the molecule is CCCOC(C)CC1OCCC(O)C1O. The third-order valence-corrected chi connectivity index (χ3v) is 2.69. The molecule has 0 bridgehead atoms. The summed E-state index contributed by atoms with van der Waals surface area (Å²) in [5, 5.41) is 19.1. The molecule has 0 aliphatic carbocycles. The molecule has 15 heavy (non-hydrogen) atoms. The molecule has 0 amide bonds. The fourth-order valence-corrected chi connectivity index (χ4v) is 1.78. The minimum atomic E-state index is -0.772. The molecule has 0 aromatic heterocycles. The van der Waals surface area contributed by atoms with Crippen molar-refractivity contribution in [2.24, 2.45) is 0 Å². The van der Waals surface area contributed by atoms with Crippen LogP contribution in [0.1, 0.15) is 33.1 Å². The Labute approximate surface area is 91.2 Å². The molecule has 4 nitrogen and oxygen atoms in total. The monoisotopic (exact) mass is 218 g/mol. The minimum absolute atomic E-state index is 0.0647. The highest BCUT2D eigenvalue weighted by Crippen LogP contribution is 2.19. The summed E-state index contributed by atoms with van der Waals surface area (Å²) in [5.41, 5.74) is 0. The van der Waals surface area contributed by atoms with E-state index in [1.165, 1.54) is 0 Å². The first-order valence-electron chi connectivity index (χ1n) is 5.74. The first-order valence-corrected chi connectivity index (χ1v) is 5.74. The fraction of sp³-hybridized carbons (Fsp3) is 1.00. The molecule has 4 atom stereocenters. The van der Waals surface area contributed by atoms with Gasteiger partial charge < -0.3 is 19.7 Å². The van der Waals surface area contributed by atoms with Crippen molar-refractivity contribution in [3.8, 4) is 0 Å². The average molecular weight is 218 g/mol. The predicted molar refractivity (Wildman–Crippen MR) is 56.7 cm³/mol. The van der Waals surface area contributed by atoms with Crippen LogP contribution in [0.2, 0.25) is 0 Å². The van der Waals surface area contributed by atoms with Crippen molar-refractivity contribution in [1.82, 2.24) is 0 Å². The lowest BCUT2D eigenvalue weighted by Crippen LogP contribution is -2.45. The van der Waals surface area contributed by atoms with Gasteiger partial charge in [0.25, 0.3) is 0 Å². The Balaban J connectivity index is 2.29. The van der Waals surface area contributed by atoms with Crippen molar-refractivity contribution in [2.45, 2.75) is 57.5 Å². The Hall–Kier alpha value is -0.160. The van der Waals surface area contributed by atoms with Gasteiger partial charge in [-0.25, -0.2) is 0 Å². The number of aliphatic hydroxyl groups excluding tert-OH is 2. The highest BCUT2D eigenvalue weighted by Gasteiger charge is 2.32. The lowest BCUT2D eigenvalue weighted by molar-refractivity contribution is -0.147. The van der Waals surface area contributed by atoms with Crippen molar-refractivity contribution in [1.29, 1.82) is 0 Å². The summed E-state index contributed by atoms with van der Waals surface area (Å²) >= 11 is 0. The van der Waals surface area contributed by atoms with Crippen LogP contribution in [-0.2, 0) is 9.47 Å². The quantitative estimate of drug-likeness (QED) is 0.713. The van der Waals surface area contributed by atoms with E-state index in [4.69, 9.17) is 9.47 Å². The van der Waals surface area contributed by atoms with Crippen molar-refractivity contribution in [2.75, 3.05) is 13.2 Å². The van der Waals surface area contributed by atoms with E-state index in [-0.39, 0.29) is 12.2 Å². The summed E-state index contributed by atoms with van der Waals surface area (Å²) in [4.78, 5) is 0. The van der Waals surface area contributed by atoms with E-state index in [0.29, 0.717) is 19.4 Å². The van der Waals surface area contributed by atoms with Gasteiger partial charge in [0.1, 0.15) is 6.10 Å². The molecular weight excluding hydrogens is 196 g/mol. The van der Waals surface area contributed by atoms with Crippen LogP contribution in [0.25, 0.3) is 0 Å². The fourth-order valence-electron chi connectivity index (χ4n) is 1.78. The summed E-state index contributed by atoms with van der Waals surface area (Å²) < 4.78 is 10.9. The number of rotatable bonds is 5. The normalized spacial score (nSPS) is 34.0. The average Bonchev–Trinajstić information content (AvgIpc) is 2.22. The number of aliphatic hydroxyl groups is 2. The molecular formula is C11H22O4. The topological polar surface area (TPSA) is 58.9 Å². The smallest absolute Gasteiger partial charge is 0.106 e. The molecule has 0 spiro atoms. The zero-order valence-electron chi connectivity index (χ0n) is 9.56. The largest absolute Gasteiger partial charge is 0.390 e. The zero-order valence-corrected chi connectivity index (χ0v) is 9.56. The van der Waals surface area contributed by atoms with E-state index in [1.54, 1.807) is 0 Å². The van der Waals surface area contributed by atoms with Gasteiger partial charge in [-0.3, -0.25) is 0 Å². The highest BCUT2D eigenvalue weighted by molar-refractivity contribution is 4.82. The van der Waals surface area contributed by atoms with E-state index < -0.39 is 12.2 Å². The van der Waals surface area contributed by atoms with Gasteiger partial charge in [0.05, 0.1) is 18.3 Å². The van der Waals surface area contributed by atoms with Gasteiger partial charge in [-0.15, -0.1) is 0 Å². The maximum absolute atomic E-state index is 9.68. The molecule has 2 N–H and O–H groups in total. The van der Waals surface area contributed by atoms with Gasteiger partial charge in [-0.2, -0.15) is 0 Å². The molecule has 0 saturated carbocycles. The standard InChI is InChI=1S/C11H22O4/c1-3-5-14-8(2)7-10-11(13)9(12)4-6-15-10/h8-13H,3-7H2,1-2H3. The van der Waals surface area contributed by atoms with E-state index in [1.807, 2.05) is 6.92 Å². The second kappa shape index (κ2) is 6.43. The van der Waals surface area contributed by atoms with Crippen molar-refractivity contribution >= 4 is 0 Å². The molecule has 1 aliphatic rings. The van der Waals surface area contributed by atoms with Gasteiger partial charge in [0.15, 0.2) is 0 Å². The maximum Gasteiger partial charge on any atom is 0.106 e. The van der Waals surface area contributed by atoms with Crippen molar-refractivity contribution in [3.63, 3.8) is 0 Å². The van der Waals surface area contributed by atoms with Crippen LogP contribution >= 0.6 is 0 Å². The predicted octanol–water partition coefficient (Wildman–Crippen LogP) is 0.702. The Bertz CT molecular complexity index is 174. The number of hydrogen-bond acceptors (Lipinski definition) is 4. The molecule has 1 aliphatic heterocycles. The van der Waals surface area contributed by atoms with Crippen molar-refractivity contribution in [3.05, 3.63) is 0 Å². The Morgan fingerprint density at radius 2 is 2.20 bits per heavy atom. The highest BCUT2D eigenvalue weighted by atomic mass is 16.5. The van der Waals surface area contributed by atoms with Crippen LogP contribution < -0.4 is 0 Å². The third-order valence-electron chi connectivity index (χ3n) is 2.69. The zero-order chi connectivity index (χ0) is 11.3. The Morgan fingerprint density at radius 3 is 2.87 bits per heavy atom. The number of ether oxygens (including phenoxy) is 2. The Morgan fingerprint density at radius 1 is 1.47 bits per heavy atom. The second-order valence-corrected chi connectivity index (χ2v) is 4.17. The van der Waals surface area contributed by atoms with Gasteiger partial charge in [0.2, 0.25) is 0 Å². The van der Waals surface area contributed by atoms with E-state index >= 15 is 0 Å². The van der Waals surface area contributed by atoms with Crippen LogP contribution in [0.5, 0.6) is 0 Å². The summed E-state index contributed by atoms with van der Waals surface area (Å²) in [6, 6.07) is 0. The van der Waals surface area contributed by atoms with Gasteiger partial charge in [-0.05, 0) is 19.8 Å². The maximum atomic E-state index is 9.68. The molecule has 1 heterocycles.